The van der Waals surface area contributed by atoms with Crippen molar-refractivity contribution in [2.45, 2.75) is 69.9 Å². The van der Waals surface area contributed by atoms with Gasteiger partial charge in [-0.05, 0) is 84.3 Å². The molecule has 1 saturated heterocycles. The standard InChI is InChI=1S/C67H76N6O19/c1-45-37-73(59-36-56(92-60(75)29-28-58(74)68-2)57(91-59)44-90-67(48-12-10-9-11-13-48,49-18-24-53(82-3)25-19-49)50-20-26-54(83-4)27-21-50)66(81)72(65(45)80)30-31-88-32-33-89-55-22-16-46(17-23-55)14-15-47-34-51(38-70(40-61(76)84-5)41-62(77)85-6)69-52(35-47)39-71(42-63(78)86-7)43-64(79)87-8/h9-13,16-27,34-35,37,56-57,59H,28-33,36,38-44H2,1-8H3,(H,68,74)/t56-,57-,59-/m1/s1. The lowest BCUT2D eigenvalue weighted by atomic mass is 9.80. The smallest absolute Gasteiger partial charge is 0.333 e. The van der Waals surface area contributed by atoms with Crippen LogP contribution in [0.3, 0.4) is 0 Å². The minimum Gasteiger partial charge on any atom is -0.497 e. The summed E-state index contributed by atoms with van der Waals surface area (Å²) in [6.45, 7) is 0.444. The van der Waals surface area contributed by atoms with Gasteiger partial charge in [-0.15, -0.1) is 0 Å². The largest absolute Gasteiger partial charge is 0.497 e. The zero-order valence-corrected chi connectivity index (χ0v) is 52.7. The van der Waals surface area contributed by atoms with Crippen LogP contribution in [-0.2, 0) is 91.9 Å². The maximum atomic E-state index is 14.4. The monoisotopic (exact) mass is 1270 g/mol. The Kier molecular flexibility index (Phi) is 26.1. The summed E-state index contributed by atoms with van der Waals surface area (Å²) in [5.41, 5.74) is 1.91. The highest BCUT2D eigenvalue weighted by molar-refractivity contribution is 5.81. The Balaban J connectivity index is 1.03. The predicted octanol–water partition coefficient (Wildman–Crippen LogP) is 4.26. The van der Waals surface area contributed by atoms with Crippen molar-refractivity contribution in [1.82, 2.24) is 29.2 Å². The molecule has 488 valence electrons. The summed E-state index contributed by atoms with van der Waals surface area (Å²) in [7, 11) is 9.54. The number of hydrogen-bond acceptors (Lipinski definition) is 22. The summed E-state index contributed by atoms with van der Waals surface area (Å²) in [5.74, 6) is 4.62. The molecule has 1 aliphatic heterocycles. The van der Waals surface area contributed by atoms with Crippen molar-refractivity contribution < 1.29 is 80.9 Å². The van der Waals surface area contributed by atoms with Crippen LogP contribution in [0.1, 0.15) is 70.3 Å². The SMILES string of the molecule is CNC(=O)CCC(=O)O[C@@H]1C[C@H](n2cc(C)c(=O)n(CCOCCOc3ccc(C#Cc4cc(CN(CC(=O)OC)CC(=O)OC)nc(CN(CC(=O)OC)CC(=O)OC)c4)cc3)c2=O)O[C@@H]1COC(c1ccccc1)(c1ccc(OC)cc1)c1ccc(OC)cc1. The molecule has 3 heterocycles. The first-order valence-electron chi connectivity index (χ1n) is 29.3. The Hall–Kier alpha value is -9.71. The maximum Gasteiger partial charge on any atom is 0.333 e. The topological polar surface area (TPSA) is 279 Å². The van der Waals surface area contributed by atoms with Crippen LogP contribution in [0.25, 0.3) is 0 Å². The summed E-state index contributed by atoms with van der Waals surface area (Å²) in [6.07, 6.45) is -1.87. The van der Waals surface area contributed by atoms with E-state index in [1.54, 1.807) is 57.5 Å². The van der Waals surface area contributed by atoms with Gasteiger partial charge in [0, 0.05) is 55.9 Å². The quantitative estimate of drug-likeness (QED) is 0.0203. The molecule has 0 saturated carbocycles. The van der Waals surface area contributed by atoms with Gasteiger partial charge in [-0.1, -0.05) is 66.4 Å². The molecule has 2 aromatic heterocycles. The molecule has 0 radical (unpaired) electrons. The Morgan fingerprint density at radius 3 is 1.65 bits per heavy atom. The molecule has 7 rings (SSSR count). The fourth-order valence-electron chi connectivity index (χ4n) is 10.1. The Labute approximate surface area is 532 Å². The summed E-state index contributed by atoms with van der Waals surface area (Å²) in [5, 5.41) is 2.51. The van der Waals surface area contributed by atoms with Crippen molar-refractivity contribution in [3.05, 3.63) is 187 Å². The number of methoxy groups -OCH3 is 6. The zero-order chi connectivity index (χ0) is 66.2. The van der Waals surface area contributed by atoms with E-state index in [0.29, 0.717) is 39.8 Å². The molecule has 1 N–H and O–H groups in total. The van der Waals surface area contributed by atoms with Crippen molar-refractivity contribution in [2.24, 2.45) is 0 Å². The fourth-order valence-corrected chi connectivity index (χ4v) is 10.1. The van der Waals surface area contributed by atoms with Crippen LogP contribution in [-0.4, -0.2) is 174 Å². The first-order chi connectivity index (χ1) is 44.4. The molecule has 0 bridgehead atoms. The van der Waals surface area contributed by atoms with E-state index >= 15 is 0 Å². The number of ether oxygens (including phenoxy) is 11. The maximum absolute atomic E-state index is 14.4. The molecule has 1 aliphatic rings. The molecule has 6 aromatic rings. The molecule has 4 aromatic carbocycles. The summed E-state index contributed by atoms with van der Waals surface area (Å²) < 4.78 is 64.4. The first kappa shape index (κ1) is 69.8. The molecule has 0 unspecified atom stereocenters. The number of nitrogens with zero attached hydrogens (tertiary/aromatic N) is 5. The van der Waals surface area contributed by atoms with Gasteiger partial charge in [0.15, 0.2) is 0 Å². The van der Waals surface area contributed by atoms with Gasteiger partial charge >= 0.3 is 35.5 Å². The van der Waals surface area contributed by atoms with E-state index < -0.39 is 65.1 Å². The van der Waals surface area contributed by atoms with Crippen molar-refractivity contribution in [3.63, 3.8) is 0 Å². The number of aromatic nitrogens is 3. The minimum atomic E-state index is -1.28. The lowest BCUT2D eigenvalue weighted by molar-refractivity contribution is -0.157. The second kappa shape index (κ2) is 34.5. The van der Waals surface area contributed by atoms with E-state index in [1.807, 2.05) is 78.9 Å². The number of rotatable bonds is 32. The third kappa shape index (κ3) is 19.4. The minimum absolute atomic E-state index is 0.00139. The lowest BCUT2D eigenvalue weighted by Gasteiger charge is -2.37. The molecule has 0 aliphatic carbocycles. The lowest BCUT2D eigenvalue weighted by Crippen LogP contribution is -2.43. The second-order valence-electron chi connectivity index (χ2n) is 21.0. The van der Waals surface area contributed by atoms with E-state index in [9.17, 15) is 38.4 Å². The summed E-state index contributed by atoms with van der Waals surface area (Å²) in [4.78, 5) is 111. The number of carbonyl (C=O) groups is 6. The molecule has 25 heteroatoms. The summed E-state index contributed by atoms with van der Waals surface area (Å²) in [6, 6.07) is 34.8. The average Bonchev–Trinajstić information content (AvgIpc) is 2.12. The number of pyridine rings is 1. The molecule has 1 fully saturated rings. The van der Waals surface area contributed by atoms with Gasteiger partial charge in [0.1, 0.15) is 47.9 Å². The molecule has 0 spiro atoms. The second-order valence-corrected chi connectivity index (χ2v) is 21.0. The van der Waals surface area contributed by atoms with Crippen LogP contribution in [0, 0.1) is 18.8 Å². The zero-order valence-electron chi connectivity index (χ0n) is 52.7. The van der Waals surface area contributed by atoms with Gasteiger partial charge in [0.25, 0.3) is 5.56 Å². The van der Waals surface area contributed by atoms with Gasteiger partial charge in [-0.2, -0.15) is 0 Å². The van der Waals surface area contributed by atoms with Gasteiger partial charge in [-0.25, -0.2) is 4.79 Å². The number of carbonyl (C=O) groups excluding carboxylic acids is 6. The van der Waals surface area contributed by atoms with E-state index in [2.05, 4.69) is 17.2 Å². The van der Waals surface area contributed by atoms with Crippen molar-refractivity contribution in [1.29, 1.82) is 0 Å². The molecule has 3 atom stereocenters. The van der Waals surface area contributed by atoms with Crippen LogP contribution < -0.4 is 30.8 Å². The van der Waals surface area contributed by atoms with Crippen LogP contribution in [0.4, 0.5) is 0 Å². The van der Waals surface area contributed by atoms with E-state index in [0.717, 1.165) is 21.3 Å². The Bertz CT molecular complexity index is 3520. The molecule has 25 nitrogen and oxygen atoms in total. The van der Waals surface area contributed by atoms with Gasteiger partial charge in [-0.3, -0.25) is 57.5 Å². The third-order valence-corrected chi connectivity index (χ3v) is 14.8. The molecule has 92 heavy (non-hydrogen) atoms. The van der Waals surface area contributed by atoms with Crippen LogP contribution >= 0.6 is 0 Å². The van der Waals surface area contributed by atoms with Gasteiger partial charge < -0.3 is 57.4 Å². The van der Waals surface area contributed by atoms with Crippen LogP contribution in [0.15, 0.2) is 131 Å². The van der Waals surface area contributed by atoms with Crippen LogP contribution in [0.5, 0.6) is 17.2 Å². The van der Waals surface area contributed by atoms with E-state index in [-0.39, 0.29) is 103 Å². The van der Waals surface area contributed by atoms with Crippen molar-refractivity contribution in [2.75, 3.05) is 102 Å². The predicted molar refractivity (Wildman–Crippen MR) is 331 cm³/mol. The molecular weight excluding hydrogens is 1190 g/mol. The number of esters is 5. The number of aryl methyl sites for hydroxylation is 1. The van der Waals surface area contributed by atoms with Crippen molar-refractivity contribution >= 4 is 35.8 Å². The highest BCUT2D eigenvalue weighted by Gasteiger charge is 2.44. The average molecular weight is 1270 g/mol. The normalized spacial score (nSPS) is 14.3. The van der Waals surface area contributed by atoms with E-state index in [1.165, 1.54) is 56.1 Å². The number of hydrogen-bond donors (Lipinski definition) is 1. The highest BCUT2D eigenvalue weighted by Crippen LogP contribution is 2.43. The summed E-state index contributed by atoms with van der Waals surface area (Å²) >= 11 is 0. The Morgan fingerprint density at radius 1 is 0.630 bits per heavy atom. The van der Waals surface area contributed by atoms with E-state index in [4.69, 9.17) is 57.1 Å². The third-order valence-electron chi connectivity index (χ3n) is 14.8. The number of nitrogens with one attached hydrogen (secondary N) is 1. The highest BCUT2D eigenvalue weighted by atomic mass is 16.6. The number of benzene rings is 4. The Morgan fingerprint density at radius 2 is 1.14 bits per heavy atom. The number of amides is 1. The first-order valence-corrected chi connectivity index (χ1v) is 29.3. The van der Waals surface area contributed by atoms with Crippen molar-refractivity contribution in [3.8, 4) is 29.1 Å². The molecule has 1 amide bonds. The molecular formula is C67H76N6O19. The van der Waals surface area contributed by atoms with Gasteiger partial charge in [0.05, 0.1) is 113 Å². The fraction of sp³-hybridized carbons (Fsp3) is 0.388. The van der Waals surface area contributed by atoms with Gasteiger partial charge in [0.2, 0.25) is 5.91 Å². The van der Waals surface area contributed by atoms with Crippen LogP contribution in [0.2, 0.25) is 0 Å².